The van der Waals surface area contributed by atoms with E-state index in [0.717, 1.165) is 35.5 Å². The van der Waals surface area contributed by atoms with Crippen molar-refractivity contribution in [1.29, 1.82) is 0 Å². The van der Waals surface area contributed by atoms with Gasteiger partial charge in [0.25, 0.3) is 0 Å². The van der Waals surface area contributed by atoms with Gasteiger partial charge in [-0.25, -0.2) is 0 Å². The summed E-state index contributed by atoms with van der Waals surface area (Å²) in [6.45, 7) is 2.31. The first kappa shape index (κ1) is 12.6. The Balaban J connectivity index is 1.79. The van der Waals surface area contributed by atoms with Crippen LogP contribution in [-0.2, 0) is 0 Å². The first-order valence-corrected chi connectivity index (χ1v) is 7.47. The number of fused-ring (bicyclic) bond motifs is 1. The van der Waals surface area contributed by atoms with Gasteiger partial charge in [0.15, 0.2) is 0 Å². The Morgan fingerprint density at radius 3 is 2.74 bits per heavy atom. The number of nitrogen functional groups attached to an aromatic ring is 1. The lowest BCUT2D eigenvalue weighted by Crippen LogP contribution is -2.42. The molecule has 1 aromatic rings. The van der Waals surface area contributed by atoms with E-state index >= 15 is 0 Å². The molecule has 1 heterocycles. The van der Waals surface area contributed by atoms with Crippen LogP contribution in [0, 0.1) is 11.8 Å². The van der Waals surface area contributed by atoms with Crippen LogP contribution in [0.25, 0.3) is 0 Å². The van der Waals surface area contributed by atoms with E-state index in [1.54, 1.807) is 7.11 Å². The van der Waals surface area contributed by atoms with E-state index in [9.17, 15) is 0 Å². The Morgan fingerprint density at radius 2 is 1.95 bits per heavy atom. The number of anilines is 2. The SMILES string of the molecule is COc1cccc(N2CCC3CCCCC3C2)c1N. The van der Waals surface area contributed by atoms with Crippen molar-refractivity contribution in [3.05, 3.63) is 18.2 Å². The molecule has 0 bridgehead atoms. The highest BCUT2D eigenvalue weighted by atomic mass is 16.5. The van der Waals surface area contributed by atoms with Gasteiger partial charge in [0.1, 0.15) is 5.75 Å². The number of benzene rings is 1. The maximum absolute atomic E-state index is 6.23. The van der Waals surface area contributed by atoms with E-state index < -0.39 is 0 Å². The topological polar surface area (TPSA) is 38.5 Å². The van der Waals surface area contributed by atoms with Crippen LogP contribution in [0.15, 0.2) is 18.2 Å². The summed E-state index contributed by atoms with van der Waals surface area (Å²) in [4.78, 5) is 2.46. The first-order valence-electron chi connectivity index (χ1n) is 7.47. The smallest absolute Gasteiger partial charge is 0.143 e. The molecule has 1 aliphatic heterocycles. The van der Waals surface area contributed by atoms with Gasteiger partial charge < -0.3 is 15.4 Å². The summed E-state index contributed by atoms with van der Waals surface area (Å²) in [6, 6.07) is 6.10. The highest BCUT2D eigenvalue weighted by Gasteiger charge is 2.31. The predicted molar refractivity (Wildman–Crippen MR) is 79.7 cm³/mol. The van der Waals surface area contributed by atoms with Crippen LogP contribution in [0.2, 0.25) is 0 Å². The Hall–Kier alpha value is -1.38. The van der Waals surface area contributed by atoms with Gasteiger partial charge in [-0.15, -0.1) is 0 Å². The van der Waals surface area contributed by atoms with Gasteiger partial charge in [0.05, 0.1) is 18.5 Å². The summed E-state index contributed by atoms with van der Waals surface area (Å²) in [5.74, 6) is 2.62. The second-order valence-corrected chi connectivity index (χ2v) is 5.93. The average Bonchev–Trinajstić information content (AvgIpc) is 2.47. The Kier molecular flexibility index (Phi) is 3.54. The Labute approximate surface area is 115 Å². The molecule has 3 heteroatoms. The zero-order valence-corrected chi connectivity index (χ0v) is 11.8. The molecule has 19 heavy (non-hydrogen) atoms. The molecule has 2 aliphatic rings. The average molecular weight is 260 g/mol. The lowest BCUT2D eigenvalue weighted by atomic mass is 9.75. The van der Waals surface area contributed by atoms with Crippen molar-refractivity contribution in [2.24, 2.45) is 11.8 Å². The maximum Gasteiger partial charge on any atom is 0.143 e. The number of nitrogens with two attached hydrogens (primary N) is 1. The van der Waals surface area contributed by atoms with Crippen LogP contribution < -0.4 is 15.4 Å². The van der Waals surface area contributed by atoms with Crippen LogP contribution in [0.4, 0.5) is 11.4 Å². The molecular weight excluding hydrogens is 236 g/mol. The second-order valence-electron chi connectivity index (χ2n) is 5.93. The number of hydrogen-bond donors (Lipinski definition) is 1. The summed E-state index contributed by atoms with van der Waals surface area (Å²) in [5.41, 5.74) is 8.17. The van der Waals surface area contributed by atoms with Crippen molar-refractivity contribution < 1.29 is 4.74 Å². The number of piperidine rings is 1. The van der Waals surface area contributed by atoms with E-state index in [2.05, 4.69) is 11.0 Å². The van der Waals surface area contributed by atoms with E-state index in [1.165, 1.54) is 38.6 Å². The van der Waals surface area contributed by atoms with Gasteiger partial charge in [-0.1, -0.05) is 25.3 Å². The number of para-hydroxylation sites is 1. The molecule has 2 N–H and O–H groups in total. The third kappa shape index (κ3) is 2.38. The monoisotopic (exact) mass is 260 g/mol. The van der Waals surface area contributed by atoms with Crippen molar-refractivity contribution in [1.82, 2.24) is 0 Å². The summed E-state index contributed by atoms with van der Waals surface area (Å²) < 4.78 is 5.33. The zero-order valence-electron chi connectivity index (χ0n) is 11.8. The number of ether oxygens (including phenoxy) is 1. The van der Waals surface area contributed by atoms with Crippen molar-refractivity contribution >= 4 is 11.4 Å². The first-order chi connectivity index (χ1) is 9.29. The van der Waals surface area contributed by atoms with Gasteiger partial charge in [0.2, 0.25) is 0 Å². The molecule has 2 fully saturated rings. The van der Waals surface area contributed by atoms with Crippen LogP contribution in [0.3, 0.4) is 0 Å². The fraction of sp³-hybridized carbons (Fsp3) is 0.625. The minimum Gasteiger partial charge on any atom is -0.495 e. The van der Waals surface area contributed by atoms with Gasteiger partial charge in [0, 0.05) is 13.1 Å². The molecule has 3 rings (SSSR count). The second kappa shape index (κ2) is 5.32. The van der Waals surface area contributed by atoms with Crippen molar-refractivity contribution in [2.75, 3.05) is 30.8 Å². The molecule has 1 saturated carbocycles. The van der Waals surface area contributed by atoms with Gasteiger partial charge in [-0.2, -0.15) is 0 Å². The summed E-state index contributed by atoms with van der Waals surface area (Å²) in [5, 5.41) is 0. The molecule has 104 valence electrons. The summed E-state index contributed by atoms with van der Waals surface area (Å²) >= 11 is 0. The molecule has 0 aromatic heterocycles. The molecule has 3 nitrogen and oxygen atoms in total. The van der Waals surface area contributed by atoms with Crippen LogP contribution >= 0.6 is 0 Å². The molecule has 1 aromatic carbocycles. The third-order valence-corrected chi connectivity index (χ3v) is 4.89. The zero-order chi connectivity index (χ0) is 13.2. The largest absolute Gasteiger partial charge is 0.495 e. The van der Waals surface area contributed by atoms with E-state index in [-0.39, 0.29) is 0 Å². The Bertz CT molecular complexity index is 446. The molecule has 1 aliphatic carbocycles. The predicted octanol–water partition coefficient (Wildman–Crippen LogP) is 3.29. The molecule has 2 atom stereocenters. The fourth-order valence-corrected chi connectivity index (χ4v) is 3.81. The number of nitrogens with zero attached hydrogens (tertiary/aromatic N) is 1. The van der Waals surface area contributed by atoms with E-state index in [4.69, 9.17) is 10.5 Å². The van der Waals surface area contributed by atoms with Crippen molar-refractivity contribution in [3.63, 3.8) is 0 Å². The van der Waals surface area contributed by atoms with Gasteiger partial charge in [-0.05, 0) is 36.8 Å². The Morgan fingerprint density at radius 1 is 1.16 bits per heavy atom. The molecule has 2 unspecified atom stereocenters. The lowest BCUT2D eigenvalue weighted by molar-refractivity contribution is 0.202. The minimum absolute atomic E-state index is 0.791. The van der Waals surface area contributed by atoms with E-state index in [1.807, 2.05) is 12.1 Å². The lowest BCUT2D eigenvalue weighted by Gasteiger charge is -2.42. The van der Waals surface area contributed by atoms with Gasteiger partial charge >= 0.3 is 0 Å². The quantitative estimate of drug-likeness (QED) is 0.829. The standard InChI is InChI=1S/C16H24N2O/c1-19-15-8-4-7-14(16(15)17)18-10-9-12-5-2-3-6-13(12)11-18/h4,7-8,12-13H,2-3,5-6,9-11,17H2,1H3. The maximum atomic E-state index is 6.23. The number of rotatable bonds is 2. The summed E-state index contributed by atoms with van der Waals surface area (Å²) in [6.07, 6.45) is 6.99. The van der Waals surface area contributed by atoms with Crippen molar-refractivity contribution in [2.45, 2.75) is 32.1 Å². The number of hydrogen-bond acceptors (Lipinski definition) is 3. The molecular formula is C16H24N2O. The molecule has 1 saturated heterocycles. The fourth-order valence-electron chi connectivity index (χ4n) is 3.81. The van der Waals surface area contributed by atoms with Crippen LogP contribution in [-0.4, -0.2) is 20.2 Å². The molecule has 0 spiro atoms. The van der Waals surface area contributed by atoms with Crippen LogP contribution in [0.5, 0.6) is 5.75 Å². The molecule has 0 radical (unpaired) electrons. The highest BCUT2D eigenvalue weighted by Crippen LogP contribution is 2.40. The highest BCUT2D eigenvalue weighted by molar-refractivity contribution is 5.74. The van der Waals surface area contributed by atoms with Crippen LogP contribution in [0.1, 0.15) is 32.1 Å². The normalized spacial score (nSPS) is 26.9. The van der Waals surface area contributed by atoms with Gasteiger partial charge in [-0.3, -0.25) is 0 Å². The number of methoxy groups -OCH3 is 1. The third-order valence-electron chi connectivity index (χ3n) is 4.89. The molecule has 0 amide bonds. The van der Waals surface area contributed by atoms with E-state index in [0.29, 0.717) is 0 Å². The summed E-state index contributed by atoms with van der Waals surface area (Å²) in [7, 11) is 1.68. The minimum atomic E-state index is 0.791. The van der Waals surface area contributed by atoms with Crippen molar-refractivity contribution in [3.8, 4) is 5.75 Å².